The molecule has 0 radical (unpaired) electrons. The molecule has 0 unspecified atom stereocenters. The van der Waals surface area contributed by atoms with Crippen molar-refractivity contribution in [3.8, 4) is 5.75 Å². The van der Waals surface area contributed by atoms with E-state index in [0.29, 0.717) is 22.7 Å². The van der Waals surface area contributed by atoms with Crippen LogP contribution in [0.4, 0.5) is 15.8 Å². The Hall–Kier alpha value is -1.56. The van der Waals surface area contributed by atoms with Gasteiger partial charge in [0.15, 0.2) is 5.82 Å². The molecule has 2 aromatic carbocycles. The monoisotopic (exact) mass is 344 g/mol. The van der Waals surface area contributed by atoms with Crippen LogP contribution < -0.4 is 15.8 Å². The van der Waals surface area contributed by atoms with Gasteiger partial charge in [0.25, 0.3) is 0 Å². The molecule has 110 valence electrons. The Morgan fingerprint density at radius 1 is 1.24 bits per heavy atom. The van der Waals surface area contributed by atoms with Crippen LogP contribution in [-0.2, 0) is 0 Å². The fourth-order valence-electron chi connectivity index (χ4n) is 1.75. The second-order valence-electron chi connectivity index (χ2n) is 4.15. The maximum Gasteiger partial charge on any atom is 0.160 e. The highest BCUT2D eigenvalue weighted by molar-refractivity contribution is 7.80. The Bertz CT molecular complexity index is 686. The van der Waals surface area contributed by atoms with Gasteiger partial charge in [0.2, 0.25) is 0 Å². The Morgan fingerprint density at radius 2 is 1.86 bits per heavy atom. The average Bonchev–Trinajstić information content (AvgIpc) is 2.44. The molecule has 0 aliphatic carbocycles. The Kier molecular flexibility index (Phi) is 4.88. The molecule has 0 aliphatic rings. The molecule has 0 aliphatic heterocycles. The molecule has 3 N–H and O–H groups in total. The third kappa shape index (κ3) is 3.56. The number of ether oxygens (including phenoxy) is 1. The van der Waals surface area contributed by atoms with Gasteiger partial charge in [-0.3, -0.25) is 0 Å². The standard InChI is InChI=1S/C14H11Cl2FN2OS/c1-20-8-2-3-9(14(18)21)12(6-8)19-7-4-10(15)13(17)11(16)5-7/h2-6,19H,1H3,(H2,18,21). The molecule has 2 aromatic rings. The third-order valence-electron chi connectivity index (χ3n) is 2.76. The summed E-state index contributed by atoms with van der Waals surface area (Å²) in [6.07, 6.45) is 0. The zero-order valence-corrected chi connectivity index (χ0v) is 13.2. The van der Waals surface area contributed by atoms with E-state index < -0.39 is 5.82 Å². The summed E-state index contributed by atoms with van der Waals surface area (Å²) in [4.78, 5) is 0.222. The number of hydrogen-bond donors (Lipinski definition) is 2. The van der Waals surface area contributed by atoms with Gasteiger partial charge in [0, 0.05) is 17.3 Å². The van der Waals surface area contributed by atoms with E-state index in [2.05, 4.69) is 5.32 Å². The van der Waals surface area contributed by atoms with Crippen LogP contribution in [0.2, 0.25) is 10.0 Å². The number of benzene rings is 2. The first-order valence-corrected chi connectivity index (χ1v) is 6.98. The molecule has 7 heteroatoms. The first-order valence-electron chi connectivity index (χ1n) is 5.81. The fraction of sp³-hybridized carbons (Fsp3) is 0.0714. The first-order chi connectivity index (χ1) is 9.92. The van der Waals surface area contributed by atoms with Crippen LogP contribution in [0.1, 0.15) is 5.56 Å². The summed E-state index contributed by atoms with van der Waals surface area (Å²) in [7, 11) is 1.55. The van der Waals surface area contributed by atoms with Crippen molar-refractivity contribution >= 4 is 51.8 Å². The highest BCUT2D eigenvalue weighted by Gasteiger charge is 2.11. The average molecular weight is 345 g/mol. The highest BCUT2D eigenvalue weighted by atomic mass is 35.5. The van der Waals surface area contributed by atoms with Crippen molar-refractivity contribution in [1.82, 2.24) is 0 Å². The molecule has 2 rings (SSSR count). The molecule has 0 saturated carbocycles. The maximum atomic E-state index is 13.4. The third-order valence-corrected chi connectivity index (χ3v) is 3.52. The lowest BCUT2D eigenvalue weighted by atomic mass is 10.1. The van der Waals surface area contributed by atoms with Gasteiger partial charge in [-0.15, -0.1) is 0 Å². The molecule has 0 fully saturated rings. The van der Waals surface area contributed by atoms with Gasteiger partial charge >= 0.3 is 0 Å². The maximum absolute atomic E-state index is 13.4. The lowest BCUT2D eigenvalue weighted by molar-refractivity contribution is 0.415. The number of anilines is 2. The van der Waals surface area contributed by atoms with Gasteiger partial charge in [-0.2, -0.15) is 0 Å². The topological polar surface area (TPSA) is 47.3 Å². The number of methoxy groups -OCH3 is 1. The molecule has 0 saturated heterocycles. The Labute approximate surface area is 136 Å². The van der Waals surface area contributed by atoms with E-state index in [9.17, 15) is 4.39 Å². The molecule has 0 heterocycles. The van der Waals surface area contributed by atoms with Gasteiger partial charge in [-0.05, 0) is 24.3 Å². The van der Waals surface area contributed by atoms with Crippen LogP contribution >= 0.6 is 35.4 Å². The van der Waals surface area contributed by atoms with Gasteiger partial charge in [0.1, 0.15) is 10.7 Å². The molecular formula is C14H11Cl2FN2OS. The molecule has 0 bridgehead atoms. The lowest BCUT2D eigenvalue weighted by Crippen LogP contribution is -2.12. The number of nitrogens with two attached hydrogens (primary N) is 1. The number of thiocarbonyl (C=S) groups is 1. The number of hydrogen-bond acceptors (Lipinski definition) is 3. The van der Waals surface area contributed by atoms with Crippen molar-refractivity contribution in [3.05, 3.63) is 51.8 Å². The normalized spacial score (nSPS) is 10.3. The summed E-state index contributed by atoms with van der Waals surface area (Å²) in [6.45, 7) is 0. The molecule has 3 nitrogen and oxygen atoms in total. The number of halogens is 3. The molecule has 0 aromatic heterocycles. The van der Waals surface area contributed by atoms with Crippen LogP contribution in [0.3, 0.4) is 0 Å². The summed E-state index contributed by atoms with van der Waals surface area (Å²) in [5.74, 6) is -0.0408. The fourth-order valence-corrected chi connectivity index (χ4v) is 2.42. The smallest absolute Gasteiger partial charge is 0.160 e. The summed E-state index contributed by atoms with van der Waals surface area (Å²) in [6, 6.07) is 8.04. The van der Waals surface area contributed by atoms with Crippen molar-refractivity contribution < 1.29 is 9.13 Å². The van der Waals surface area contributed by atoms with Crippen LogP contribution in [0.25, 0.3) is 0 Å². The zero-order valence-electron chi connectivity index (χ0n) is 10.9. The van der Waals surface area contributed by atoms with Crippen LogP contribution in [0.15, 0.2) is 30.3 Å². The van der Waals surface area contributed by atoms with E-state index in [0.717, 1.165) is 0 Å². The van der Waals surface area contributed by atoms with Crippen LogP contribution in [0, 0.1) is 5.82 Å². The van der Waals surface area contributed by atoms with E-state index in [1.54, 1.807) is 25.3 Å². The predicted octanol–water partition coefficient (Wildman–Crippen LogP) is 4.52. The van der Waals surface area contributed by atoms with E-state index in [-0.39, 0.29) is 15.0 Å². The summed E-state index contributed by atoms with van der Waals surface area (Å²) >= 11 is 16.5. The van der Waals surface area contributed by atoms with Gasteiger partial charge in [-0.1, -0.05) is 35.4 Å². The number of rotatable bonds is 4. The molecule has 0 spiro atoms. The van der Waals surface area contributed by atoms with E-state index >= 15 is 0 Å². The second kappa shape index (κ2) is 6.47. The van der Waals surface area contributed by atoms with Gasteiger partial charge in [-0.25, -0.2) is 4.39 Å². The molecule has 21 heavy (non-hydrogen) atoms. The van der Waals surface area contributed by atoms with Crippen LogP contribution in [0.5, 0.6) is 5.75 Å². The molecular weight excluding hydrogens is 334 g/mol. The van der Waals surface area contributed by atoms with E-state index in [1.165, 1.54) is 12.1 Å². The van der Waals surface area contributed by atoms with E-state index in [4.69, 9.17) is 45.9 Å². The minimum absolute atomic E-state index is 0.0789. The van der Waals surface area contributed by atoms with Gasteiger partial charge in [0.05, 0.1) is 22.8 Å². The summed E-state index contributed by atoms with van der Waals surface area (Å²) in [5.41, 5.74) is 7.43. The van der Waals surface area contributed by atoms with Gasteiger partial charge < -0.3 is 15.8 Å². The highest BCUT2D eigenvalue weighted by Crippen LogP contribution is 2.31. The first kappa shape index (κ1) is 15.8. The van der Waals surface area contributed by atoms with Crippen LogP contribution in [-0.4, -0.2) is 12.1 Å². The minimum atomic E-state index is -0.663. The Morgan fingerprint density at radius 3 is 2.38 bits per heavy atom. The minimum Gasteiger partial charge on any atom is -0.497 e. The van der Waals surface area contributed by atoms with Crippen molar-refractivity contribution in [3.63, 3.8) is 0 Å². The van der Waals surface area contributed by atoms with Crippen molar-refractivity contribution in [1.29, 1.82) is 0 Å². The Balaban J connectivity index is 2.45. The molecule has 0 atom stereocenters. The lowest BCUT2D eigenvalue weighted by Gasteiger charge is -2.13. The van der Waals surface area contributed by atoms with E-state index in [1.807, 2.05) is 0 Å². The quantitative estimate of drug-likeness (QED) is 0.632. The zero-order chi connectivity index (χ0) is 15.6. The van der Waals surface area contributed by atoms with Crippen molar-refractivity contribution in [2.24, 2.45) is 5.73 Å². The second-order valence-corrected chi connectivity index (χ2v) is 5.41. The molecule has 0 amide bonds. The SMILES string of the molecule is COc1ccc(C(N)=S)c(Nc2cc(Cl)c(F)c(Cl)c2)c1. The van der Waals surface area contributed by atoms with Crippen molar-refractivity contribution in [2.45, 2.75) is 0 Å². The summed E-state index contributed by atoms with van der Waals surface area (Å²) < 4.78 is 18.6. The predicted molar refractivity (Wildman–Crippen MR) is 88.6 cm³/mol. The number of nitrogens with one attached hydrogen (secondary N) is 1. The largest absolute Gasteiger partial charge is 0.497 e. The van der Waals surface area contributed by atoms with Crippen molar-refractivity contribution in [2.75, 3.05) is 12.4 Å². The summed E-state index contributed by atoms with van der Waals surface area (Å²) in [5, 5.41) is 2.90.